The fourth-order valence-corrected chi connectivity index (χ4v) is 6.48. The Morgan fingerprint density at radius 3 is 2.41 bits per heavy atom. The molecule has 3 heterocycles. The average molecular weight is 590 g/mol. The molecule has 2 unspecified atom stereocenters. The largest absolute Gasteiger partial charge is 0.478 e. The molecule has 11 heteroatoms. The number of benzene rings is 2. The zero-order valence-electron chi connectivity index (χ0n) is 23.3. The van der Waals surface area contributed by atoms with E-state index in [0.29, 0.717) is 10.8 Å². The lowest BCUT2D eigenvalue weighted by Crippen LogP contribution is -2.29. The van der Waals surface area contributed by atoms with Crippen molar-refractivity contribution in [3.8, 4) is 5.69 Å². The summed E-state index contributed by atoms with van der Waals surface area (Å²) in [6.07, 6.45) is 2.87. The van der Waals surface area contributed by atoms with Gasteiger partial charge in [-0.2, -0.15) is 0 Å². The highest BCUT2D eigenvalue weighted by atomic mass is 32.2. The molecule has 2 aromatic heterocycles. The summed E-state index contributed by atoms with van der Waals surface area (Å²) < 4.78 is 28.4. The summed E-state index contributed by atoms with van der Waals surface area (Å²) >= 11 is 5.89. The number of pyridine rings is 1. The van der Waals surface area contributed by atoms with E-state index in [1.807, 2.05) is 69.0 Å². The molecule has 212 valence electrons. The van der Waals surface area contributed by atoms with Crippen molar-refractivity contribution in [1.29, 1.82) is 0 Å². The number of anilines is 2. The second-order valence-electron chi connectivity index (χ2n) is 10.3. The van der Waals surface area contributed by atoms with E-state index in [1.54, 1.807) is 24.4 Å². The Kier molecular flexibility index (Phi) is 7.35. The number of aromatic carboxylic acids is 1. The number of nitrogens with zero attached hydrogens (tertiary/aromatic N) is 3. The van der Waals surface area contributed by atoms with Gasteiger partial charge in [0.25, 0.3) is 0 Å². The maximum Gasteiger partial charge on any atom is 0.335 e. The number of aromatic nitrogens is 2. The number of hydrogen-bond acceptors (Lipinski definition) is 5. The van der Waals surface area contributed by atoms with Crippen molar-refractivity contribution in [3.63, 3.8) is 0 Å². The van der Waals surface area contributed by atoms with Gasteiger partial charge in [-0.05, 0) is 105 Å². The maximum absolute atomic E-state index is 11.9. The molecule has 0 saturated carbocycles. The van der Waals surface area contributed by atoms with E-state index in [0.717, 1.165) is 51.4 Å². The second-order valence-corrected chi connectivity index (χ2v) is 12.5. The minimum Gasteiger partial charge on any atom is -0.478 e. The molecule has 9 nitrogen and oxygen atoms in total. The van der Waals surface area contributed by atoms with Gasteiger partial charge in [0.1, 0.15) is 0 Å². The van der Waals surface area contributed by atoms with Crippen LogP contribution in [0.4, 0.5) is 11.4 Å². The van der Waals surface area contributed by atoms with Crippen molar-refractivity contribution in [2.75, 3.05) is 15.9 Å². The van der Waals surface area contributed by atoms with Crippen LogP contribution in [0.5, 0.6) is 0 Å². The molecule has 1 fully saturated rings. The number of carboxylic acid groups (broad SMARTS) is 1. The van der Waals surface area contributed by atoms with Crippen LogP contribution in [0.2, 0.25) is 0 Å². The number of carboxylic acids is 1. The number of thiocarbonyl (C=S) groups is 1. The van der Waals surface area contributed by atoms with Gasteiger partial charge >= 0.3 is 5.97 Å². The number of carbonyl (C=O) groups is 1. The first-order chi connectivity index (χ1) is 19.4. The summed E-state index contributed by atoms with van der Waals surface area (Å²) in [6, 6.07) is 17.9. The molecule has 2 aromatic carbocycles. The Labute approximate surface area is 244 Å². The Balaban J connectivity index is 1.67. The van der Waals surface area contributed by atoms with Crippen LogP contribution >= 0.6 is 12.2 Å². The normalized spacial score (nSPS) is 17.0. The SMILES string of the molecule is Cc1cc(N2C(=S)NC(c3ccccn3)C2c2cc(C)n(-c3cc(C(=O)O)ccc3C)c2C)ccc1NS(C)(=O)=O. The third kappa shape index (κ3) is 5.42. The summed E-state index contributed by atoms with van der Waals surface area (Å²) in [7, 11) is -3.44. The van der Waals surface area contributed by atoms with Crippen LogP contribution in [0, 0.1) is 27.7 Å². The molecule has 0 radical (unpaired) electrons. The zero-order chi connectivity index (χ0) is 29.6. The summed E-state index contributed by atoms with van der Waals surface area (Å²) in [5.41, 5.74) is 7.74. The molecule has 0 amide bonds. The van der Waals surface area contributed by atoms with Crippen LogP contribution < -0.4 is 14.9 Å². The maximum atomic E-state index is 11.9. The number of rotatable bonds is 7. The third-order valence-corrected chi connectivity index (χ3v) is 8.27. The van der Waals surface area contributed by atoms with E-state index in [1.165, 1.54) is 0 Å². The predicted molar refractivity (Wildman–Crippen MR) is 165 cm³/mol. The number of nitrogens with one attached hydrogen (secondary N) is 2. The lowest BCUT2D eigenvalue weighted by Gasteiger charge is -2.29. The third-order valence-electron chi connectivity index (χ3n) is 7.37. The van der Waals surface area contributed by atoms with Crippen LogP contribution in [0.25, 0.3) is 5.69 Å². The topological polar surface area (TPSA) is 117 Å². The van der Waals surface area contributed by atoms with Gasteiger partial charge < -0.3 is 19.9 Å². The van der Waals surface area contributed by atoms with Crippen molar-refractivity contribution in [2.24, 2.45) is 0 Å². The Bertz CT molecular complexity index is 1780. The van der Waals surface area contributed by atoms with Crippen molar-refractivity contribution >= 4 is 44.7 Å². The Hall–Kier alpha value is -4.22. The second kappa shape index (κ2) is 10.6. The van der Waals surface area contributed by atoms with Gasteiger partial charge in [0.2, 0.25) is 10.0 Å². The molecule has 4 aromatic rings. The van der Waals surface area contributed by atoms with Crippen LogP contribution in [0.3, 0.4) is 0 Å². The van der Waals surface area contributed by atoms with E-state index in [4.69, 9.17) is 12.2 Å². The van der Waals surface area contributed by atoms with Gasteiger partial charge in [-0.15, -0.1) is 0 Å². The van der Waals surface area contributed by atoms with Crippen LogP contribution in [-0.2, 0) is 10.0 Å². The highest BCUT2D eigenvalue weighted by molar-refractivity contribution is 7.92. The smallest absolute Gasteiger partial charge is 0.335 e. The number of sulfonamides is 1. The molecule has 0 spiro atoms. The molecular formula is C30H31N5O4S2. The first-order valence-electron chi connectivity index (χ1n) is 13.0. The number of aryl methyl sites for hydroxylation is 3. The van der Waals surface area contributed by atoms with Crippen molar-refractivity contribution in [1.82, 2.24) is 14.9 Å². The van der Waals surface area contributed by atoms with Crippen LogP contribution in [0.1, 0.15) is 56.2 Å². The molecule has 0 aliphatic carbocycles. The number of hydrogen-bond donors (Lipinski definition) is 3. The summed E-state index contributed by atoms with van der Waals surface area (Å²) in [5, 5.41) is 13.6. The Morgan fingerprint density at radius 1 is 1.02 bits per heavy atom. The van der Waals surface area contributed by atoms with Crippen molar-refractivity contribution < 1.29 is 18.3 Å². The molecule has 1 aliphatic rings. The lowest BCUT2D eigenvalue weighted by atomic mass is 9.96. The first-order valence-corrected chi connectivity index (χ1v) is 15.3. The molecule has 3 N–H and O–H groups in total. The highest BCUT2D eigenvalue weighted by Gasteiger charge is 2.42. The fraction of sp³-hybridized carbons (Fsp3) is 0.233. The lowest BCUT2D eigenvalue weighted by molar-refractivity contribution is 0.0697. The molecule has 1 saturated heterocycles. The summed E-state index contributed by atoms with van der Waals surface area (Å²) in [4.78, 5) is 18.4. The van der Waals surface area contributed by atoms with Gasteiger partial charge in [-0.1, -0.05) is 12.1 Å². The minimum absolute atomic E-state index is 0.217. The van der Waals surface area contributed by atoms with Gasteiger partial charge in [-0.25, -0.2) is 13.2 Å². The molecule has 5 rings (SSSR count). The van der Waals surface area contributed by atoms with Gasteiger partial charge in [0.05, 0.1) is 35.3 Å². The predicted octanol–water partition coefficient (Wildman–Crippen LogP) is 5.35. The van der Waals surface area contributed by atoms with Gasteiger partial charge in [0, 0.05) is 29.0 Å². The van der Waals surface area contributed by atoms with Crippen molar-refractivity contribution in [3.05, 3.63) is 106 Å². The van der Waals surface area contributed by atoms with Crippen molar-refractivity contribution in [2.45, 2.75) is 39.8 Å². The Morgan fingerprint density at radius 2 is 1.78 bits per heavy atom. The van der Waals surface area contributed by atoms with E-state index < -0.39 is 16.0 Å². The molecule has 0 bridgehead atoms. The summed E-state index contributed by atoms with van der Waals surface area (Å²) in [6.45, 7) is 7.83. The fourth-order valence-electron chi connectivity index (χ4n) is 5.50. The highest BCUT2D eigenvalue weighted by Crippen LogP contribution is 2.44. The van der Waals surface area contributed by atoms with E-state index >= 15 is 0 Å². The zero-order valence-corrected chi connectivity index (χ0v) is 25.0. The van der Waals surface area contributed by atoms with E-state index in [2.05, 4.69) is 25.7 Å². The molecule has 1 aliphatic heterocycles. The minimum atomic E-state index is -3.44. The average Bonchev–Trinajstić information content (AvgIpc) is 3.40. The van der Waals surface area contributed by atoms with Gasteiger partial charge in [0.15, 0.2) is 5.11 Å². The first kappa shape index (κ1) is 28.3. The summed E-state index contributed by atoms with van der Waals surface area (Å²) in [5.74, 6) is -0.982. The standard InChI is InChI=1S/C30H31N5O4S2/c1-17-9-10-21(29(36)37)16-26(17)34-19(3)15-23(20(34)4)28-27(25-8-6-7-13-31-25)32-30(40)35(28)22-11-12-24(18(2)14-22)33-41(5,38)39/h6-16,27-28,33H,1-5H3,(H,32,40)(H,36,37). The van der Waals surface area contributed by atoms with E-state index in [-0.39, 0.29) is 17.6 Å². The van der Waals surface area contributed by atoms with Crippen LogP contribution in [0.15, 0.2) is 66.9 Å². The van der Waals surface area contributed by atoms with Gasteiger partial charge in [-0.3, -0.25) is 9.71 Å². The molecular weight excluding hydrogens is 558 g/mol. The molecule has 2 atom stereocenters. The quantitative estimate of drug-likeness (QED) is 0.247. The molecule has 41 heavy (non-hydrogen) atoms. The van der Waals surface area contributed by atoms with E-state index in [9.17, 15) is 18.3 Å². The van der Waals surface area contributed by atoms with Crippen LogP contribution in [-0.4, -0.2) is 40.4 Å². The monoisotopic (exact) mass is 589 g/mol.